The minimum Gasteiger partial charge on any atom is -0.494 e. The Hall–Kier alpha value is -2.97. The number of carbonyl (C=O) groups is 1. The Morgan fingerprint density at radius 1 is 0.962 bits per heavy atom. The van der Waals surface area contributed by atoms with E-state index in [1.54, 1.807) is 24.3 Å². The maximum absolute atomic E-state index is 13.4. The number of hydrogen-bond donors (Lipinski definition) is 2. The highest BCUT2D eigenvalue weighted by molar-refractivity contribution is 5.77. The standard InChI is InChI=1S/C17H16F4N2O3/c1-2-25-10-3-5-11(6-4-10)26-8-7-14(24)22-23-17-15(20)12(18)9-13(19)16(17)21/h3-6,9,23H,2,7-8H2,1H3,(H,22,24). The van der Waals surface area contributed by atoms with E-state index in [4.69, 9.17) is 9.47 Å². The number of nitrogens with one attached hydrogen (secondary N) is 2. The minimum atomic E-state index is -1.64. The van der Waals surface area contributed by atoms with Gasteiger partial charge >= 0.3 is 0 Å². The van der Waals surface area contributed by atoms with Gasteiger partial charge in [0, 0.05) is 6.07 Å². The Morgan fingerprint density at radius 3 is 2.04 bits per heavy atom. The molecule has 0 aliphatic carbocycles. The van der Waals surface area contributed by atoms with E-state index in [1.807, 2.05) is 17.8 Å². The number of amides is 1. The summed E-state index contributed by atoms with van der Waals surface area (Å²) >= 11 is 0. The topological polar surface area (TPSA) is 59.6 Å². The van der Waals surface area contributed by atoms with Crippen molar-refractivity contribution in [2.24, 2.45) is 0 Å². The molecule has 0 aromatic heterocycles. The van der Waals surface area contributed by atoms with Gasteiger partial charge in [0.2, 0.25) is 5.91 Å². The van der Waals surface area contributed by atoms with Crippen molar-refractivity contribution in [1.29, 1.82) is 0 Å². The maximum atomic E-state index is 13.4. The lowest BCUT2D eigenvalue weighted by Crippen LogP contribution is -2.31. The van der Waals surface area contributed by atoms with Gasteiger partial charge in [0.15, 0.2) is 23.3 Å². The summed E-state index contributed by atoms with van der Waals surface area (Å²) in [6.07, 6.45) is -0.165. The Morgan fingerprint density at radius 2 is 1.50 bits per heavy atom. The highest BCUT2D eigenvalue weighted by atomic mass is 19.2. The molecule has 0 aliphatic heterocycles. The minimum absolute atomic E-state index is 0.0238. The molecule has 9 heteroatoms. The van der Waals surface area contributed by atoms with Crippen molar-refractivity contribution >= 4 is 11.6 Å². The average molecular weight is 372 g/mol. The Bertz CT molecular complexity index is 743. The Balaban J connectivity index is 1.81. The van der Waals surface area contributed by atoms with Crippen LogP contribution < -0.4 is 20.3 Å². The number of benzene rings is 2. The summed E-state index contributed by atoms with van der Waals surface area (Å²) in [7, 11) is 0. The van der Waals surface area contributed by atoms with Crippen molar-refractivity contribution in [1.82, 2.24) is 5.43 Å². The molecular weight excluding hydrogens is 356 g/mol. The van der Waals surface area contributed by atoms with Gasteiger partial charge in [0.05, 0.1) is 19.6 Å². The van der Waals surface area contributed by atoms with E-state index in [9.17, 15) is 22.4 Å². The van der Waals surface area contributed by atoms with E-state index in [-0.39, 0.29) is 19.1 Å². The molecule has 0 heterocycles. The van der Waals surface area contributed by atoms with E-state index < -0.39 is 34.9 Å². The monoisotopic (exact) mass is 372 g/mol. The van der Waals surface area contributed by atoms with Crippen LogP contribution in [0.15, 0.2) is 30.3 Å². The lowest BCUT2D eigenvalue weighted by Gasteiger charge is -2.12. The first-order chi connectivity index (χ1) is 12.4. The first-order valence-corrected chi connectivity index (χ1v) is 7.66. The van der Waals surface area contributed by atoms with Gasteiger partial charge < -0.3 is 9.47 Å². The zero-order valence-corrected chi connectivity index (χ0v) is 13.7. The SMILES string of the molecule is CCOc1ccc(OCCC(=O)NNc2c(F)c(F)cc(F)c2F)cc1. The molecule has 0 radical (unpaired) electrons. The van der Waals surface area contributed by atoms with E-state index in [2.05, 4.69) is 0 Å². The quantitative estimate of drug-likeness (QED) is 0.423. The zero-order valence-electron chi connectivity index (χ0n) is 13.7. The number of carbonyl (C=O) groups excluding carboxylic acids is 1. The normalized spacial score (nSPS) is 10.3. The molecule has 2 N–H and O–H groups in total. The van der Waals surface area contributed by atoms with E-state index in [0.717, 1.165) is 0 Å². The van der Waals surface area contributed by atoms with Crippen LogP contribution >= 0.6 is 0 Å². The van der Waals surface area contributed by atoms with Gasteiger partial charge in [-0.1, -0.05) is 0 Å². The first kappa shape index (κ1) is 19.4. The number of hydrazine groups is 1. The van der Waals surface area contributed by atoms with Gasteiger partial charge in [-0.15, -0.1) is 0 Å². The number of rotatable bonds is 8. The summed E-state index contributed by atoms with van der Waals surface area (Å²) in [5.74, 6) is -5.98. The molecule has 26 heavy (non-hydrogen) atoms. The lowest BCUT2D eigenvalue weighted by molar-refractivity contribution is -0.121. The number of hydrogen-bond acceptors (Lipinski definition) is 4. The van der Waals surface area contributed by atoms with Crippen LogP contribution in [-0.4, -0.2) is 19.1 Å². The summed E-state index contributed by atoms with van der Waals surface area (Å²) in [4.78, 5) is 11.6. The number of halogens is 4. The summed E-state index contributed by atoms with van der Waals surface area (Å²) < 4.78 is 63.5. The van der Waals surface area contributed by atoms with Gasteiger partial charge in [-0.25, -0.2) is 17.6 Å². The largest absolute Gasteiger partial charge is 0.494 e. The molecule has 0 aliphatic rings. The molecular formula is C17H16F4N2O3. The van der Waals surface area contributed by atoms with Gasteiger partial charge in [0.25, 0.3) is 0 Å². The van der Waals surface area contributed by atoms with Crippen LogP contribution in [0, 0.1) is 23.3 Å². The molecule has 0 fully saturated rings. The predicted molar refractivity (Wildman–Crippen MR) is 85.8 cm³/mol. The molecule has 5 nitrogen and oxygen atoms in total. The van der Waals surface area contributed by atoms with Crippen LogP contribution in [0.1, 0.15) is 13.3 Å². The van der Waals surface area contributed by atoms with Crippen molar-refractivity contribution in [2.45, 2.75) is 13.3 Å². The fourth-order valence-corrected chi connectivity index (χ4v) is 1.94. The fraction of sp³-hybridized carbons (Fsp3) is 0.235. The third kappa shape index (κ3) is 5.01. The van der Waals surface area contributed by atoms with Crippen molar-refractivity contribution in [3.05, 3.63) is 53.6 Å². The van der Waals surface area contributed by atoms with Crippen molar-refractivity contribution < 1.29 is 31.8 Å². The van der Waals surface area contributed by atoms with Crippen LogP contribution in [0.4, 0.5) is 23.2 Å². The highest BCUT2D eigenvalue weighted by Crippen LogP contribution is 2.23. The highest BCUT2D eigenvalue weighted by Gasteiger charge is 2.19. The summed E-state index contributed by atoms with van der Waals surface area (Å²) in [6.45, 7) is 2.36. The van der Waals surface area contributed by atoms with Gasteiger partial charge in [0.1, 0.15) is 17.2 Å². The second-order valence-electron chi connectivity index (χ2n) is 5.02. The number of ether oxygens (including phenoxy) is 2. The van der Waals surface area contributed by atoms with Crippen LogP contribution in [-0.2, 0) is 4.79 Å². The molecule has 0 unspecified atom stereocenters. The number of anilines is 1. The summed E-state index contributed by atoms with van der Waals surface area (Å²) in [5, 5.41) is 0. The van der Waals surface area contributed by atoms with E-state index >= 15 is 0 Å². The van der Waals surface area contributed by atoms with E-state index in [1.165, 1.54) is 0 Å². The van der Waals surface area contributed by atoms with Gasteiger partial charge in [-0.3, -0.25) is 15.6 Å². The predicted octanol–water partition coefficient (Wildman–Crippen LogP) is 3.55. The molecule has 1 amide bonds. The van der Waals surface area contributed by atoms with Crippen molar-refractivity contribution in [2.75, 3.05) is 18.6 Å². The van der Waals surface area contributed by atoms with Crippen LogP contribution in [0.5, 0.6) is 11.5 Å². The molecule has 0 atom stereocenters. The molecule has 2 aromatic carbocycles. The van der Waals surface area contributed by atoms with Gasteiger partial charge in [-0.2, -0.15) is 0 Å². The van der Waals surface area contributed by atoms with E-state index in [0.29, 0.717) is 18.1 Å². The third-order valence-corrected chi connectivity index (χ3v) is 3.17. The molecule has 140 valence electrons. The summed E-state index contributed by atoms with van der Waals surface area (Å²) in [6, 6.07) is 6.78. The molecule has 0 saturated heterocycles. The molecule has 2 aromatic rings. The fourth-order valence-electron chi connectivity index (χ4n) is 1.94. The van der Waals surface area contributed by atoms with Crippen LogP contribution in [0.25, 0.3) is 0 Å². The Labute approximate surface area is 146 Å². The average Bonchev–Trinajstić information content (AvgIpc) is 2.62. The van der Waals surface area contributed by atoms with Crippen LogP contribution in [0.3, 0.4) is 0 Å². The zero-order chi connectivity index (χ0) is 19.1. The molecule has 0 spiro atoms. The van der Waals surface area contributed by atoms with Crippen molar-refractivity contribution in [3.8, 4) is 11.5 Å². The lowest BCUT2D eigenvalue weighted by atomic mass is 10.2. The Kier molecular flexibility index (Phi) is 6.65. The smallest absolute Gasteiger partial charge is 0.241 e. The first-order valence-electron chi connectivity index (χ1n) is 7.66. The maximum Gasteiger partial charge on any atom is 0.241 e. The van der Waals surface area contributed by atoms with Crippen molar-refractivity contribution in [3.63, 3.8) is 0 Å². The molecule has 0 bridgehead atoms. The second kappa shape index (κ2) is 8.93. The van der Waals surface area contributed by atoms with Gasteiger partial charge in [-0.05, 0) is 31.2 Å². The summed E-state index contributed by atoms with van der Waals surface area (Å²) in [5.41, 5.74) is 2.65. The van der Waals surface area contributed by atoms with Crippen LogP contribution in [0.2, 0.25) is 0 Å². The third-order valence-electron chi connectivity index (χ3n) is 3.17. The molecule has 0 saturated carbocycles. The second-order valence-corrected chi connectivity index (χ2v) is 5.02. The molecule has 2 rings (SSSR count).